The topological polar surface area (TPSA) is 78.4 Å². The van der Waals surface area contributed by atoms with E-state index in [4.69, 9.17) is 5.11 Å². The molecule has 2 aliphatic rings. The minimum absolute atomic E-state index is 0.146. The van der Waals surface area contributed by atoms with Crippen LogP contribution >= 0.6 is 11.8 Å². The summed E-state index contributed by atoms with van der Waals surface area (Å²) in [5.74, 6) is 0.959. The molecule has 3 N–H and O–H groups in total. The fourth-order valence-corrected chi connectivity index (χ4v) is 3.16. The lowest BCUT2D eigenvalue weighted by atomic mass is 9.76. The lowest BCUT2D eigenvalue weighted by Crippen LogP contribution is -2.59. The highest BCUT2D eigenvalue weighted by Crippen LogP contribution is 2.32. The van der Waals surface area contributed by atoms with Crippen LogP contribution in [0.15, 0.2) is 0 Å². The summed E-state index contributed by atoms with van der Waals surface area (Å²) in [6.07, 6.45) is 2.37. The minimum Gasteiger partial charge on any atom is -0.480 e. The van der Waals surface area contributed by atoms with Crippen molar-refractivity contribution in [2.45, 2.75) is 37.3 Å². The molecule has 17 heavy (non-hydrogen) atoms. The van der Waals surface area contributed by atoms with Gasteiger partial charge in [0.1, 0.15) is 5.54 Å². The predicted molar refractivity (Wildman–Crippen MR) is 66.1 cm³/mol. The Balaban J connectivity index is 1.81. The molecular weight excluding hydrogens is 240 g/mol. The lowest BCUT2D eigenvalue weighted by molar-refractivity contribution is -0.151. The van der Waals surface area contributed by atoms with Crippen LogP contribution in [0.25, 0.3) is 0 Å². The van der Waals surface area contributed by atoms with Crippen molar-refractivity contribution in [1.29, 1.82) is 0 Å². The van der Waals surface area contributed by atoms with Crippen molar-refractivity contribution in [3.8, 4) is 0 Å². The highest BCUT2D eigenvalue weighted by molar-refractivity contribution is 7.99. The third-order valence-corrected chi connectivity index (χ3v) is 4.56. The van der Waals surface area contributed by atoms with Crippen LogP contribution in [0.4, 0.5) is 0 Å². The Bertz CT molecular complexity index is 312. The van der Waals surface area contributed by atoms with Crippen LogP contribution < -0.4 is 10.6 Å². The Morgan fingerprint density at radius 3 is 2.71 bits per heavy atom. The first-order chi connectivity index (χ1) is 8.12. The van der Waals surface area contributed by atoms with Crippen LogP contribution in [0.1, 0.15) is 25.7 Å². The number of hydrogen-bond donors (Lipinski definition) is 3. The number of thioether (sulfide) groups is 1. The number of carbonyl (C=O) groups excluding carboxylic acids is 1. The lowest BCUT2D eigenvalue weighted by Gasteiger charge is -2.38. The normalized spacial score (nSPS) is 26.9. The maximum atomic E-state index is 11.8. The molecule has 2 fully saturated rings. The molecule has 2 rings (SSSR count). The first-order valence-electron chi connectivity index (χ1n) is 5.98. The number of carboxylic acids is 1. The molecule has 1 aliphatic heterocycles. The molecule has 0 radical (unpaired) electrons. The Hall–Kier alpha value is -0.750. The minimum atomic E-state index is -0.973. The van der Waals surface area contributed by atoms with E-state index in [0.29, 0.717) is 19.3 Å². The SMILES string of the molecule is O=C(CC1CSCCN1)NC1(C(=O)O)CCC1. The first kappa shape index (κ1) is 12.7. The van der Waals surface area contributed by atoms with Gasteiger partial charge in [0.25, 0.3) is 0 Å². The molecule has 1 amide bonds. The summed E-state index contributed by atoms with van der Waals surface area (Å²) >= 11 is 1.83. The molecule has 0 bridgehead atoms. The maximum absolute atomic E-state index is 11.8. The highest BCUT2D eigenvalue weighted by atomic mass is 32.2. The van der Waals surface area contributed by atoms with Crippen LogP contribution in [0.2, 0.25) is 0 Å². The van der Waals surface area contributed by atoms with E-state index in [1.54, 1.807) is 0 Å². The second kappa shape index (κ2) is 5.27. The number of hydrogen-bond acceptors (Lipinski definition) is 4. The van der Waals surface area contributed by atoms with Gasteiger partial charge >= 0.3 is 5.97 Å². The van der Waals surface area contributed by atoms with Gasteiger partial charge in [-0.15, -0.1) is 0 Å². The van der Waals surface area contributed by atoms with Gasteiger partial charge in [0.2, 0.25) is 5.91 Å². The third kappa shape index (κ3) is 2.93. The van der Waals surface area contributed by atoms with Gasteiger partial charge in [-0.2, -0.15) is 11.8 Å². The molecule has 1 heterocycles. The summed E-state index contributed by atoms with van der Waals surface area (Å²) in [5.41, 5.74) is -0.973. The molecule has 6 heteroatoms. The standard InChI is InChI=1S/C11H18N2O3S/c14-9(6-8-7-17-5-4-12-8)13-11(10(15)16)2-1-3-11/h8,12H,1-7H2,(H,13,14)(H,15,16). The van der Waals surface area contributed by atoms with Crippen molar-refractivity contribution in [3.05, 3.63) is 0 Å². The summed E-state index contributed by atoms with van der Waals surface area (Å²) in [5, 5.41) is 15.1. The number of nitrogens with one attached hydrogen (secondary N) is 2. The zero-order chi connectivity index (χ0) is 12.3. The van der Waals surface area contributed by atoms with Gasteiger partial charge in [-0.05, 0) is 19.3 Å². The third-order valence-electron chi connectivity index (χ3n) is 3.43. The van der Waals surface area contributed by atoms with Crippen LogP contribution in [0, 0.1) is 0 Å². The number of amides is 1. The average Bonchev–Trinajstić information content (AvgIpc) is 2.24. The Morgan fingerprint density at radius 1 is 1.47 bits per heavy atom. The van der Waals surface area contributed by atoms with Crippen molar-refractivity contribution in [3.63, 3.8) is 0 Å². The molecule has 1 saturated heterocycles. The molecule has 1 aliphatic carbocycles. The molecule has 96 valence electrons. The van der Waals surface area contributed by atoms with Crippen LogP contribution in [0.3, 0.4) is 0 Å². The monoisotopic (exact) mass is 258 g/mol. The molecule has 0 aromatic heterocycles. The molecule has 0 spiro atoms. The zero-order valence-electron chi connectivity index (χ0n) is 9.70. The Labute approximate surface area is 105 Å². The molecule has 0 aromatic rings. The molecule has 1 saturated carbocycles. The van der Waals surface area contributed by atoms with E-state index in [1.807, 2.05) is 11.8 Å². The molecule has 1 atom stereocenters. The Morgan fingerprint density at radius 2 is 2.24 bits per heavy atom. The second-order valence-electron chi connectivity index (χ2n) is 4.72. The van der Waals surface area contributed by atoms with Gasteiger partial charge in [-0.1, -0.05) is 0 Å². The Kier molecular flexibility index (Phi) is 3.93. The largest absolute Gasteiger partial charge is 0.480 e. The predicted octanol–water partition coefficient (Wildman–Crippen LogP) is 0.205. The van der Waals surface area contributed by atoms with E-state index in [0.717, 1.165) is 24.5 Å². The van der Waals surface area contributed by atoms with E-state index < -0.39 is 11.5 Å². The van der Waals surface area contributed by atoms with Gasteiger partial charge in [0.15, 0.2) is 0 Å². The van der Waals surface area contributed by atoms with Gasteiger partial charge in [0.05, 0.1) is 0 Å². The van der Waals surface area contributed by atoms with E-state index in [9.17, 15) is 9.59 Å². The van der Waals surface area contributed by atoms with Crippen molar-refractivity contribution >= 4 is 23.6 Å². The van der Waals surface area contributed by atoms with E-state index in [-0.39, 0.29) is 11.9 Å². The summed E-state index contributed by atoms with van der Waals surface area (Å²) in [6.45, 7) is 0.923. The zero-order valence-corrected chi connectivity index (χ0v) is 10.5. The maximum Gasteiger partial charge on any atom is 0.329 e. The molecule has 0 aromatic carbocycles. The van der Waals surface area contributed by atoms with Crippen LogP contribution in [0.5, 0.6) is 0 Å². The quantitative estimate of drug-likeness (QED) is 0.671. The van der Waals surface area contributed by atoms with Gasteiger partial charge in [-0.3, -0.25) is 4.79 Å². The molecular formula is C11H18N2O3S. The summed E-state index contributed by atoms with van der Waals surface area (Å²) in [4.78, 5) is 22.9. The second-order valence-corrected chi connectivity index (χ2v) is 5.87. The smallest absolute Gasteiger partial charge is 0.329 e. The average molecular weight is 258 g/mol. The number of carbonyl (C=O) groups is 2. The number of rotatable bonds is 4. The van der Waals surface area contributed by atoms with Crippen LogP contribution in [-0.2, 0) is 9.59 Å². The number of carboxylic acid groups (broad SMARTS) is 1. The first-order valence-corrected chi connectivity index (χ1v) is 7.13. The van der Waals surface area contributed by atoms with Crippen molar-refractivity contribution in [2.75, 3.05) is 18.1 Å². The van der Waals surface area contributed by atoms with E-state index in [2.05, 4.69) is 10.6 Å². The van der Waals surface area contributed by atoms with Crippen molar-refractivity contribution in [1.82, 2.24) is 10.6 Å². The van der Waals surface area contributed by atoms with Crippen molar-refractivity contribution < 1.29 is 14.7 Å². The van der Waals surface area contributed by atoms with Crippen molar-refractivity contribution in [2.24, 2.45) is 0 Å². The van der Waals surface area contributed by atoms with Crippen LogP contribution in [-0.4, -0.2) is 46.6 Å². The highest BCUT2D eigenvalue weighted by Gasteiger charge is 2.45. The molecule has 1 unspecified atom stereocenters. The summed E-state index contributed by atoms with van der Waals surface area (Å²) in [6, 6.07) is 0.180. The number of aliphatic carboxylic acids is 1. The summed E-state index contributed by atoms with van der Waals surface area (Å²) < 4.78 is 0. The fraction of sp³-hybridized carbons (Fsp3) is 0.818. The van der Waals surface area contributed by atoms with Gasteiger partial charge in [0, 0.05) is 30.5 Å². The van der Waals surface area contributed by atoms with Gasteiger partial charge < -0.3 is 15.7 Å². The fourth-order valence-electron chi connectivity index (χ4n) is 2.22. The van der Waals surface area contributed by atoms with Gasteiger partial charge in [-0.25, -0.2) is 4.79 Å². The van der Waals surface area contributed by atoms with E-state index >= 15 is 0 Å². The van der Waals surface area contributed by atoms with E-state index in [1.165, 1.54) is 0 Å². The summed E-state index contributed by atoms with van der Waals surface area (Å²) in [7, 11) is 0. The molecule has 5 nitrogen and oxygen atoms in total.